The van der Waals surface area contributed by atoms with Crippen molar-refractivity contribution < 1.29 is 9.13 Å². The summed E-state index contributed by atoms with van der Waals surface area (Å²) in [4.78, 5) is 0. The Bertz CT molecular complexity index is 435. The van der Waals surface area contributed by atoms with Gasteiger partial charge in [0.25, 0.3) is 0 Å². The van der Waals surface area contributed by atoms with E-state index in [-0.39, 0.29) is 17.8 Å². The zero-order valence-corrected chi connectivity index (χ0v) is 13.4. The van der Waals surface area contributed by atoms with E-state index in [9.17, 15) is 4.39 Å². The second-order valence-corrected chi connectivity index (χ2v) is 6.65. The Labute approximate surface area is 128 Å². The molecule has 0 amide bonds. The molecule has 1 aliphatic heterocycles. The van der Waals surface area contributed by atoms with Crippen molar-refractivity contribution in [3.63, 3.8) is 0 Å². The van der Waals surface area contributed by atoms with Crippen LogP contribution in [-0.4, -0.2) is 25.3 Å². The molecular weight excluding hydrogens is 265 g/mol. The summed E-state index contributed by atoms with van der Waals surface area (Å²) in [6.07, 6.45) is 3.73. The first-order valence-corrected chi connectivity index (χ1v) is 8.17. The van der Waals surface area contributed by atoms with Crippen molar-refractivity contribution in [1.29, 1.82) is 0 Å². The van der Waals surface area contributed by atoms with E-state index in [0.29, 0.717) is 12.0 Å². The molecule has 3 atom stereocenters. The highest BCUT2D eigenvalue weighted by Gasteiger charge is 2.26. The van der Waals surface area contributed by atoms with Gasteiger partial charge in [-0.25, -0.2) is 4.39 Å². The van der Waals surface area contributed by atoms with Crippen LogP contribution < -0.4 is 5.32 Å². The van der Waals surface area contributed by atoms with Crippen LogP contribution in [0.15, 0.2) is 24.3 Å². The van der Waals surface area contributed by atoms with Crippen LogP contribution in [0.3, 0.4) is 0 Å². The maximum atomic E-state index is 14.1. The van der Waals surface area contributed by atoms with E-state index in [1.165, 1.54) is 0 Å². The molecule has 2 nitrogen and oxygen atoms in total. The van der Waals surface area contributed by atoms with Crippen LogP contribution in [0, 0.1) is 11.7 Å². The Kier molecular flexibility index (Phi) is 6.19. The van der Waals surface area contributed by atoms with Crippen LogP contribution in [0.4, 0.5) is 4.39 Å². The maximum Gasteiger partial charge on any atom is 0.126 e. The fourth-order valence-electron chi connectivity index (χ4n) is 3.05. The zero-order chi connectivity index (χ0) is 15.2. The summed E-state index contributed by atoms with van der Waals surface area (Å²) in [5.74, 6) is 0.689. The first-order chi connectivity index (χ1) is 10.1. The third-order valence-electron chi connectivity index (χ3n) is 4.16. The minimum absolute atomic E-state index is 0.0973. The van der Waals surface area contributed by atoms with E-state index in [4.69, 9.17) is 4.74 Å². The van der Waals surface area contributed by atoms with E-state index >= 15 is 0 Å². The predicted octanol–water partition coefficient (Wildman–Crippen LogP) is 4.11. The van der Waals surface area contributed by atoms with E-state index in [1.54, 1.807) is 12.1 Å². The van der Waals surface area contributed by atoms with Gasteiger partial charge in [0, 0.05) is 12.5 Å². The summed E-state index contributed by atoms with van der Waals surface area (Å²) in [7, 11) is 0. The largest absolute Gasteiger partial charge is 0.375 e. The normalized spacial score (nSPS) is 23.7. The van der Waals surface area contributed by atoms with Crippen molar-refractivity contribution in [2.45, 2.75) is 58.2 Å². The molecule has 1 saturated heterocycles. The lowest BCUT2D eigenvalue weighted by atomic mass is 9.91. The SMILES string of the molecule is CC(C)CNCC(CC1CCC(C)O1)c1ccccc1F. The second kappa shape index (κ2) is 7.90. The molecule has 0 aliphatic carbocycles. The molecule has 1 aromatic rings. The van der Waals surface area contributed by atoms with Crippen molar-refractivity contribution >= 4 is 0 Å². The summed E-state index contributed by atoms with van der Waals surface area (Å²) in [6, 6.07) is 7.15. The number of rotatable bonds is 7. The van der Waals surface area contributed by atoms with Gasteiger partial charge in [-0.3, -0.25) is 0 Å². The molecule has 1 aromatic carbocycles. The molecule has 1 N–H and O–H groups in total. The first kappa shape index (κ1) is 16.4. The Hall–Kier alpha value is -0.930. The monoisotopic (exact) mass is 293 g/mol. The van der Waals surface area contributed by atoms with E-state index in [1.807, 2.05) is 12.1 Å². The average Bonchev–Trinajstić information content (AvgIpc) is 2.83. The fourth-order valence-corrected chi connectivity index (χ4v) is 3.05. The van der Waals surface area contributed by atoms with Gasteiger partial charge < -0.3 is 10.1 Å². The first-order valence-electron chi connectivity index (χ1n) is 8.17. The van der Waals surface area contributed by atoms with Crippen molar-refractivity contribution in [2.24, 2.45) is 5.92 Å². The molecule has 0 aromatic heterocycles. The summed E-state index contributed by atoms with van der Waals surface area (Å²) in [6.45, 7) is 8.27. The average molecular weight is 293 g/mol. The summed E-state index contributed by atoms with van der Waals surface area (Å²) in [5.41, 5.74) is 0.817. The Morgan fingerprint density at radius 1 is 1.24 bits per heavy atom. The van der Waals surface area contributed by atoms with Gasteiger partial charge in [0.1, 0.15) is 5.82 Å². The molecule has 1 aliphatic rings. The van der Waals surface area contributed by atoms with Gasteiger partial charge >= 0.3 is 0 Å². The molecule has 118 valence electrons. The predicted molar refractivity (Wildman–Crippen MR) is 85.0 cm³/mol. The topological polar surface area (TPSA) is 21.3 Å². The van der Waals surface area contributed by atoms with Gasteiger partial charge in [0.15, 0.2) is 0 Å². The number of benzene rings is 1. The van der Waals surface area contributed by atoms with Crippen molar-refractivity contribution in [1.82, 2.24) is 5.32 Å². The highest BCUT2D eigenvalue weighted by atomic mass is 19.1. The summed E-state index contributed by atoms with van der Waals surface area (Å²) < 4.78 is 20.0. The maximum absolute atomic E-state index is 14.1. The van der Waals surface area contributed by atoms with Crippen LogP contribution in [0.1, 0.15) is 51.5 Å². The van der Waals surface area contributed by atoms with Gasteiger partial charge in [-0.1, -0.05) is 32.0 Å². The molecule has 3 heteroatoms. The number of hydrogen-bond acceptors (Lipinski definition) is 2. The molecule has 3 unspecified atom stereocenters. The molecule has 1 heterocycles. The molecule has 0 bridgehead atoms. The van der Waals surface area contributed by atoms with Crippen LogP contribution in [-0.2, 0) is 4.74 Å². The fraction of sp³-hybridized carbons (Fsp3) is 0.667. The van der Waals surface area contributed by atoms with Gasteiger partial charge in [-0.2, -0.15) is 0 Å². The highest BCUT2D eigenvalue weighted by molar-refractivity contribution is 5.22. The van der Waals surface area contributed by atoms with Crippen LogP contribution in [0.25, 0.3) is 0 Å². The lowest BCUT2D eigenvalue weighted by Crippen LogP contribution is -2.28. The molecule has 0 spiro atoms. The Morgan fingerprint density at radius 3 is 2.62 bits per heavy atom. The number of halogens is 1. The summed E-state index contributed by atoms with van der Waals surface area (Å²) in [5, 5.41) is 3.47. The van der Waals surface area contributed by atoms with Gasteiger partial charge in [-0.15, -0.1) is 0 Å². The third kappa shape index (κ3) is 5.08. The molecule has 0 saturated carbocycles. The van der Waals surface area contributed by atoms with E-state index in [2.05, 4.69) is 26.1 Å². The third-order valence-corrected chi connectivity index (χ3v) is 4.16. The lowest BCUT2D eigenvalue weighted by Gasteiger charge is -2.23. The van der Waals surface area contributed by atoms with Crippen LogP contribution in [0.5, 0.6) is 0 Å². The second-order valence-electron chi connectivity index (χ2n) is 6.65. The van der Waals surface area contributed by atoms with Crippen LogP contribution >= 0.6 is 0 Å². The molecule has 1 fully saturated rings. The molecule has 21 heavy (non-hydrogen) atoms. The Balaban J connectivity index is 2.01. The van der Waals surface area contributed by atoms with Gasteiger partial charge in [-0.05, 0) is 50.3 Å². The minimum atomic E-state index is -0.0973. The summed E-state index contributed by atoms with van der Waals surface area (Å²) >= 11 is 0. The highest BCUT2D eigenvalue weighted by Crippen LogP contribution is 2.30. The standard InChI is InChI=1S/C18H28FNO/c1-13(2)11-20-12-15(10-16-9-8-14(3)21-16)17-6-4-5-7-18(17)19/h4-7,13-16,20H,8-12H2,1-3H3. The van der Waals surface area contributed by atoms with Crippen molar-refractivity contribution in [3.05, 3.63) is 35.6 Å². The number of nitrogens with one attached hydrogen (secondary N) is 1. The minimum Gasteiger partial charge on any atom is -0.375 e. The van der Waals surface area contributed by atoms with E-state index in [0.717, 1.165) is 37.9 Å². The Morgan fingerprint density at radius 2 is 2.00 bits per heavy atom. The van der Waals surface area contributed by atoms with Gasteiger partial charge in [0.2, 0.25) is 0 Å². The van der Waals surface area contributed by atoms with E-state index < -0.39 is 0 Å². The number of ether oxygens (including phenoxy) is 1. The molecule has 0 radical (unpaired) electrons. The van der Waals surface area contributed by atoms with Crippen molar-refractivity contribution in [2.75, 3.05) is 13.1 Å². The van der Waals surface area contributed by atoms with Crippen LogP contribution in [0.2, 0.25) is 0 Å². The van der Waals surface area contributed by atoms with Crippen molar-refractivity contribution in [3.8, 4) is 0 Å². The quantitative estimate of drug-likeness (QED) is 0.817. The lowest BCUT2D eigenvalue weighted by molar-refractivity contribution is 0.0464. The van der Waals surface area contributed by atoms with Gasteiger partial charge in [0.05, 0.1) is 12.2 Å². The smallest absolute Gasteiger partial charge is 0.126 e. The zero-order valence-electron chi connectivity index (χ0n) is 13.4. The molecule has 2 rings (SSSR count). The molecular formula is C18H28FNO. The number of hydrogen-bond donors (Lipinski definition) is 1.